The molecule has 0 aliphatic heterocycles. The normalized spacial score (nSPS) is 10.2. The molecule has 2 aromatic heterocycles. The van der Waals surface area contributed by atoms with Gasteiger partial charge >= 0.3 is 11.8 Å². The molecule has 3 aromatic rings. The van der Waals surface area contributed by atoms with Crippen molar-refractivity contribution >= 4 is 23.2 Å². The fourth-order valence-corrected chi connectivity index (χ4v) is 1.72. The number of para-hydroxylation sites is 2. The van der Waals surface area contributed by atoms with Crippen LogP contribution in [-0.2, 0) is 0 Å². The van der Waals surface area contributed by atoms with Gasteiger partial charge in [-0.05, 0) is 12.1 Å². The van der Waals surface area contributed by atoms with Crippen LogP contribution in [-0.4, -0.2) is 21.8 Å². The predicted octanol–water partition coefficient (Wildman–Crippen LogP) is 2.17. The molecule has 0 unspecified atom stereocenters. The number of nitrogens with zero attached hydrogens (tertiary/aromatic N) is 2. The van der Waals surface area contributed by atoms with Crippen LogP contribution in [0.3, 0.4) is 0 Å². The molecule has 0 radical (unpaired) electrons. The van der Waals surface area contributed by atoms with E-state index in [-0.39, 0.29) is 11.8 Å². The Balaban J connectivity index is 1.78. The van der Waals surface area contributed by atoms with Gasteiger partial charge in [-0.2, -0.15) is 0 Å². The molecule has 2 N–H and O–H groups in total. The summed E-state index contributed by atoms with van der Waals surface area (Å²) in [7, 11) is 0. The minimum atomic E-state index is -0.525. The zero-order valence-electron chi connectivity index (χ0n) is 11.1. The van der Waals surface area contributed by atoms with Crippen LogP contribution in [0.2, 0.25) is 0 Å². The molecule has 0 fully saturated rings. The Kier molecular flexibility index (Phi) is 3.65. The van der Waals surface area contributed by atoms with Crippen molar-refractivity contribution in [1.82, 2.24) is 9.97 Å². The molecule has 8 heteroatoms. The van der Waals surface area contributed by atoms with Crippen LogP contribution in [0.5, 0.6) is 0 Å². The highest BCUT2D eigenvalue weighted by atomic mass is 16.4. The quantitative estimate of drug-likeness (QED) is 0.763. The van der Waals surface area contributed by atoms with Crippen molar-refractivity contribution in [1.29, 1.82) is 0 Å². The van der Waals surface area contributed by atoms with Gasteiger partial charge in [0.1, 0.15) is 12.5 Å². The fourth-order valence-electron chi connectivity index (χ4n) is 1.72. The van der Waals surface area contributed by atoms with E-state index in [0.29, 0.717) is 11.4 Å². The van der Waals surface area contributed by atoms with E-state index in [9.17, 15) is 9.59 Å². The third kappa shape index (κ3) is 2.85. The molecule has 2 heterocycles. The van der Waals surface area contributed by atoms with Gasteiger partial charge in [0.2, 0.25) is 0 Å². The van der Waals surface area contributed by atoms with E-state index >= 15 is 0 Å². The number of amides is 2. The highest BCUT2D eigenvalue weighted by Gasteiger charge is 2.16. The maximum Gasteiger partial charge on any atom is 0.311 e. The summed E-state index contributed by atoms with van der Waals surface area (Å²) in [5.41, 5.74) is 0.788. The maximum absolute atomic E-state index is 11.9. The predicted molar refractivity (Wildman–Crippen MR) is 75.4 cm³/mol. The van der Waals surface area contributed by atoms with Crippen molar-refractivity contribution in [2.45, 2.75) is 0 Å². The lowest BCUT2D eigenvalue weighted by Crippen LogP contribution is -2.17. The van der Waals surface area contributed by atoms with E-state index in [0.717, 1.165) is 0 Å². The molecule has 110 valence electrons. The van der Waals surface area contributed by atoms with Crippen molar-refractivity contribution in [3.05, 3.63) is 61.0 Å². The second-order valence-corrected chi connectivity index (χ2v) is 4.13. The number of hydrogen-bond acceptors (Lipinski definition) is 6. The number of anilines is 2. The molecule has 2 amide bonds. The molecule has 0 aliphatic carbocycles. The second kappa shape index (κ2) is 5.92. The molecular formula is C14H10N4O4. The molecule has 0 saturated carbocycles. The van der Waals surface area contributed by atoms with Crippen LogP contribution >= 0.6 is 0 Å². The van der Waals surface area contributed by atoms with Crippen LogP contribution in [0, 0.1) is 0 Å². The van der Waals surface area contributed by atoms with Gasteiger partial charge in [0.25, 0.3) is 11.8 Å². The lowest BCUT2D eigenvalue weighted by Gasteiger charge is -2.10. The van der Waals surface area contributed by atoms with Crippen molar-refractivity contribution in [3.8, 4) is 0 Å². The lowest BCUT2D eigenvalue weighted by molar-refractivity contribution is 0.0980. The topological polar surface area (TPSA) is 110 Å². The molecule has 0 bridgehead atoms. The van der Waals surface area contributed by atoms with E-state index < -0.39 is 11.8 Å². The van der Waals surface area contributed by atoms with E-state index in [1.807, 2.05) is 0 Å². The van der Waals surface area contributed by atoms with Gasteiger partial charge in [-0.25, -0.2) is 9.97 Å². The molecular weight excluding hydrogens is 288 g/mol. The van der Waals surface area contributed by atoms with E-state index in [2.05, 4.69) is 20.6 Å². The average molecular weight is 298 g/mol. The van der Waals surface area contributed by atoms with E-state index in [1.54, 1.807) is 24.3 Å². The fraction of sp³-hybridized carbons (Fsp3) is 0. The second-order valence-electron chi connectivity index (χ2n) is 4.13. The Hall–Kier alpha value is -3.42. The van der Waals surface area contributed by atoms with Gasteiger partial charge in [0.05, 0.1) is 23.8 Å². The van der Waals surface area contributed by atoms with E-state index in [1.165, 1.54) is 24.9 Å². The first-order valence-electron chi connectivity index (χ1n) is 6.25. The number of nitrogens with one attached hydrogen (secondary N) is 2. The average Bonchev–Trinajstić information content (AvgIpc) is 3.23. The first-order valence-corrected chi connectivity index (χ1v) is 6.25. The number of benzene rings is 1. The number of aromatic nitrogens is 2. The summed E-state index contributed by atoms with van der Waals surface area (Å²) in [4.78, 5) is 31.4. The number of hydrogen-bond donors (Lipinski definition) is 2. The van der Waals surface area contributed by atoms with Crippen molar-refractivity contribution in [3.63, 3.8) is 0 Å². The van der Waals surface area contributed by atoms with Gasteiger partial charge in [-0.3, -0.25) is 9.59 Å². The van der Waals surface area contributed by atoms with Gasteiger partial charge in [0.15, 0.2) is 0 Å². The molecule has 0 spiro atoms. The summed E-state index contributed by atoms with van der Waals surface area (Å²) in [6, 6.07) is 6.69. The highest BCUT2D eigenvalue weighted by molar-refractivity contribution is 6.07. The van der Waals surface area contributed by atoms with Crippen molar-refractivity contribution in [2.24, 2.45) is 0 Å². The summed E-state index contributed by atoms with van der Waals surface area (Å²) in [5.74, 6) is -1.20. The molecule has 0 aliphatic rings. The zero-order valence-corrected chi connectivity index (χ0v) is 11.1. The van der Waals surface area contributed by atoms with Crippen LogP contribution in [0.25, 0.3) is 0 Å². The Labute approximate surface area is 124 Å². The first-order chi connectivity index (χ1) is 10.7. The molecule has 0 atom stereocenters. The maximum atomic E-state index is 11.9. The number of rotatable bonds is 4. The first kappa shape index (κ1) is 13.6. The van der Waals surface area contributed by atoms with Gasteiger partial charge in [-0.1, -0.05) is 12.1 Å². The van der Waals surface area contributed by atoms with Crippen LogP contribution in [0.15, 0.2) is 58.0 Å². The molecule has 22 heavy (non-hydrogen) atoms. The Morgan fingerprint density at radius 1 is 0.818 bits per heavy atom. The van der Waals surface area contributed by atoms with Gasteiger partial charge in [-0.15, -0.1) is 0 Å². The molecule has 1 aromatic carbocycles. The Morgan fingerprint density at radius 2 is 1.27 bits per heavy atom. The van der Waals surface area contributed by atoms with E-state index in [4.69, 9.17) is 8.83 Å². The standard InChI is InChI=1S/C14H10N4O4/c19-11(13-15-5-7-21-13)17-9-3-1-2-4-10(9)18-12(20)14-16-6-8-22-14/h1-8H,(H,17,19)(H,18,20). The lowest BCUT2D eigenvalue weighted by atomic mass is 10.2. The number of carbonyl (C=O) groups excluding carboxylic acids is 2. The summed E-state index contributed by atoms with van der Waals surface area (Å²) >= 11 is 0. The third-order valence-electron chi connectivity index (χ3n) is 2.68. The smallest absolute Gasteiger partial charge is 0.311 e. The minimum absolute atomic E-state index is 0.0752. The van der Waals surface area contributed by atoms with Gasteiger partial charge < -0.3 is 19.5 Å². The third-order valence-corrected chi connectivity index (χ3v) is 2.68. The largest absolute Gasteiger partial charge is 0.441 e. The summed E-state index contributed by atoms with van der Waals surface area (Å²) in [6.45, 7) is 0. The Morgan fingerprint density at radius 3 is 1.64 bits per heavy atom. The van der Waals surface area contributed by atoms with Crippen LogP contribution in [0.4, 0.5) is 11.4 Å². The summed E-state index contributed by atoms with van der Waals surface area (Å²) in [5, 5.41) is 5.21. The highest BCUT2D eigenvalue weighted by Crippen LogP contribution is 2.22. The SMILES string of the molecule is O=C(Nc1ccccc1NC(=O)c1ncco1)c1ncco1. The number of carbonyl (C=O) groups is 2. The van der Waals surface area contributed by atoms with Crippen LogP contribution in [0.1, 0.15) is 21.4 Å². The van der Waals surface area contributed by atoms with Gasteiger partial charge in [0, 0.05) is 0 Å². The zero-order chi connectivity index (χ0) is 15.4. The minimum Gasteiger partial charge on any atom is -0.441 e. The molecule has 0 saturated heterocycles. The molecule has 3 rings (SSSR count). The van der Waals surface area contributed by atoms with Crippen LogP contribution < -0.4 is 10.6 Å². The number of oxazole rings is 2. The van der Waals surface area contributed by atoms with Crippen molar-refractivity contribution in [2.75, 3.05) is 10.6 Å². The Bertz CT molecular complexity index is 714. The van der Waals surface area contributed by atoms with Crippen molar-refractivity contribution < 1.29 is 18.4 Å². The molecule has 8 nitrogen and oxygen atoms in total. The summed E-state index contributed by atoms with van der Waals surface area (Å²) in [6.07, 6.45) is 5.33. The summed E-state index contributed by atoms with van der Waals surface area (Å²) < 4.78 is 9.82. The monoisotopic (exact) mass is 298 g/mol.